The topological polar surface area (TPSA) is 70.2 Å². The first-order chi connectivity index (χ1) is 16.1. The maximum absolute atomic E-state index is 12.8. The van der Waals surface area contributed by atoms with Gasteiger partial charge >= 0.3 is 6.18 Å². The average Bonchev–Trinajstić information content (AvgIpc) is 3.58. The summed E-state index contributed by atoms with van der Waals surface area (Å²) in [5, 5.41) is 6.58. The lowest BCUT2D eigenvalue weighted by Crippen LogP contribution is -2.45. The van der Waals surface area contributed by atoms with E-state index in [2.05, 4.69) is 20.6 Å². The standard InChI is InChI=1S/C17H19ClF3N3.C7H12N2O/c1-3-6-14-13(4-2)15(24-16(18)23-14)22-10-11-7-5-8-12(9-11)17(19,20)21;1-5(10)9-3-2-8-6-4-7(6)9/h5,7-9H,3-4,6,10H2,1-2H3,(H,22,23,24);6-8H,2-4H2,1H3. The van der Waals surface area contributed by atoms with Gasteiger partial charge in [0.1, 0.15) is 5.82 Å². The molecule has 1 amide bonds. The van der Waals surface area contributed by atoms with Crippen molar-refractivity contribution in [1.29, 1.82) is 0 Å². The van der Waals surface area contributed by atoms with Gasteiger partial charge in [0.15, 0.2) is 0 Å². The molecule has 2 aliphatic rings. The van der Waals surface area contributed by atoms with Crippen LogP contribution in [0, 0.1) is 0 Å². The van der Waals surface area contributed by atoms with Crippen LogP contribution in [0.15, 0.2) is 24.3 Å². The Balaban J connectivity index is 0.000000266. The molecule has 1 saturated heterocycles. The number of amides is 1. The summed E-state index contributed by atoms with van der Waals surface area (Å²) in [7, 11) is 0. The van der Waals surface area contributed by atoms with Crippen LogP contribution in [0.4, 0.5) is 19.0 Å². The zero-order valence-electron chi connectivity index (χ0n) is 19.7. The number of hydrogen-bond donors (Lipinski definition) is 2. The summed E-state index contributed by atoms with van der Waals surface area (Å²) in [6.07, 6.45) is -0.759. The zero-order valence-corrected chi connectivity index (χ0v) is 20.4. The number of rotatable bonds is 6. The molecule has 2 atom stereocenters. The Bertz CT molecular complexity index is 1000. The van der Waals surface area contributed by atoms with Crippen molar-refractivity contribution in [2.45, 2.75) is 71.3 Å². The first-order valence-electron chi connectivity index (χ1n) is 11.6. The molecule has 1 aliphatic heterocycles. The highest BCUT2D eigenvalue weighted by Crippen LogP contribution is 2.31. The largest absolute Gasteiger partial charge is 0.416 e. The monoisotopic (exact) mass is 497 g/mol. The fourth-order valence-electron chi connectivity index (χ4n) is 4.18. The highest BCUT2D eigenvalue weighted by Gasteiger charge is 2.45. The van der Waals surface area contributed by atoms with Gasteiger partial charge in [0.2, 0.25) is 11.2 Å². The molecule has 1 aliphatic carbocycles. The third-order valence-corrected chi connectivity index (χ3v) is 6.11. The van der Waals surface area contributed by atoms with Gasteiger partial charge in [-0.1, -0.05) is 32.4 Å². The molecule has 34 heavy (non-hydrogen) atoms. The Kier molecular flexibility index (Phi) is 8.76. The average molecular weight is 498 g/mol. The predicted octanol–water partition coefficient (Wildman–Crippen LogP) is 4.85. The maximum Gasteiger partial charge on any atom is 0.416 e. The van der Waals surface area contributed by atoms with Crippen LogP contribution in [-0.4, -0.2) is 45.9 Å². The molecule has 1 aromatic heterocycles. The smallest absolute Gasteiger partial charge is 0.366 e. The molecule has 0 bridgehead atoms. The summed E-state index contributed by atoms with van der Waals surface area (Å²) in [6, 6.07) is 6.39. The molecule has 2 N–H and O–H groups in total. The molecule has 2 aromatic rings. The minimum absolute atomic E-state index is 0.141. The van der Waals surface area contributed by atoms with Crippen molar-refractivity contribution >= 4 is 23.3 Å². The van der Waals surface area contributed by atoms with E-state index in [1.807, 2.05) is 18.7 Å². The van der Waals surface area contributed by atoms with Crippen LogP contribution in [0.25, 0.3) is 0 Å². The molecule has 2 unspecified atom stereocenters. The number of nitrogens with one attached hydrogen (secondary N) is 2. The van der Waals surface area contributed by atoms with Gasteiger partial charge in [0, 0.05) is 44.2 Å². The second kappa shape index (κ2) is 11.4. The molecule has 0 radical (unpaired) electrons. The normalized spacial score (nSPS) is 19.1. The molecule has 2 heterocycles. The lowest BCUT2D eigenvalue weighted by molar-refractivity contribution is -0.137. The summed E-state index contributed by atoms with van der Waals surface area (Å²) in [6.45, 7) is 7.79. The number of nitrogens with zero attached hydrogens (tertiary/aromatic N) is 3. The van der Waals surface area contributed by atoms with Crippen LogP contribution in [0.2, 0.25) is 5.28 Å². The summed E-state index contributed by atoms with van der Waals surface area (Å²) in [5.74, 6) is 0.812. The van der Waals surface area contributed by atoms with Gasteiger partial charge in [-0.2, -0.15) is 13.2 Å². The number of carbonyl (C=O) groups excluding carboxylic acids is 1. The fraction of sp³-hybridized carbons (Fsp3) is 0.542. The molecule has 10 heteroatoms. The third-order valence-electron chi connectivity index (χ3n) is 5.94. The van der Waals surface area contributed by atoms with E-state index >= 15 is 0 Å². The van der Waals surface area contributed by atoms with Gasteiger partial charge in [-0.3, -0.25) is 4.79 Å². The molecular formula is C24H31ClF3N5O. The zero-order chi connectivity index (χ0) is 24.9. The van der Waals surface area contributed by atoms with Crippen LogP contribution >= 0.6 is 11.6 Å². The van der Waals surface area contributed by atoms with E-state index in [9.17, 15) is 18.0 Å². The van der Waals surface area contributed by atoms with Crippen molar-refractivity contribution in [1.82, 2.24) is 20.2 Å². The lowest BCUT2D eigenvalue weighted by Gasteiger charge is -2.25. The lowest BCUT2D eigenvalue weighted by atomic mass is 10.1. The van der Waals surface area contributed by atoms with Gasteiger partial charge < -0.3 is 15.5 Å². The molecule has 4 rings (SSSR count). The summed E-state index contributed by atoms with van der Waals surface area (Å²) in [5.41, 5.74) is 1.70. The molecule has 0 spiro atoms. The quantitative estimate of drug-likeness (QED) is 0.558. The predicted molar refractivity (Wildman–Crippen MR) is 127 cm³/mol. The van der Waals surface area contributed by atoms with Crippen molar-refractivity contribution in [2.24, 2.45) is 0 Å². The van der Waals surface area contributed by atoms with Crippen LogP contribution < -0.4 is 10.6 Å². The molecule has 186 valence electrons. The molecule has 1 saturated carbocycles. The van der Waals surface area contributed by atoms with E-state index < -0.39 is 11.7 Å². The minimum atomic E-state index is -4.35. The van der Waals surface area contributed by atoms with Crippen molar-refractivity contribution in [3.63, 3.8) is 0 Å². The second-order valence-electron chi connectivity index (χ2n) is 8.50. The highest BCUT2D eigenvalue weighted by molar-refractivity contribution is 6.28. The van der Waals surface area contributed by atoms with Gasteiger partial charge in [-0.15, -0.1) is 0 Å². The summed E-state index contributed by atoms with van der Waals surface area (Å²) in [4.78, 5) is 21.4. The molecular weight excluding hydrogens is 467 g/mol. The van der Waals surface area contributed by atoms with Crippen molar-refractivity contribution in [2.75, 3.05) is 18.4 Å². The van der Waals surface area contributed by atoms with Crippen LogP contribution in [0.1, 0.15) is 56.0 Å². The van der Waals surface area contributed by atoms with Gasteiger partial charge in [-0.05, 0) is 48.6 Å². The second-order valence-corrected chi connectivity index (χ2v) is 8.84. The van der Waals surface area contributed by atoms with Crippen molar-refractivity contribution in [3.05, 3.63) is 51.9 Å². The Labute approximate surface area is 203 Å². The van der Waals surface area contributed by atoms with Crippen LogP contribution in [0.3, 0.4) is 0 Å². The molecule has 2 fully saturated rings. The Morgan fingerprint density at radius 2 is 2.06 bits per heavy atom. The number of piperazine rings is 1. The number of anilines is 1. The van der Waals surface area contributed by atoms with E-state index in [0.717, 1.165) is 55.7 Å². The van der Waals surface area contributed by atoms with Gasteiger partial charge in [0.25, 0.3) is 0 Å². The van der Waals surface area contributed by atoms with E-state index in [1.165, 1.54) is 12.5 Å². The fourth-order valence-corrected chi connectivity index (χ4v) is 4.36. The number of halogens is 4. The summed E-state index contributed by atoms with van der Waals surface area (Å²) >= 11 is 5.97. The van der Waals surface area contributed by atoms with Crippen molar-refractivity contribution in [3.8, 4) is 0 Å². The number of aryl methyl sites for hydroxylation is 1. The Morgan fingerprint density at radius 3 is 2.68 bits per heavy atom. The number of carbonyl (C=O) groups is 1. The highest BCUT2D eigenvalue weighted by atomic mass is 35.5. The number of hydrogen-bond acceptors (Lipinski definition) is 5. The maximum atomic E-state index is 12.8. The number of aromatic nitrogens is 2. The van der Waals surface area contributed by atoms with Crippen LogP contribution in [-0.2, 0) is 30.4 Å². The number of alkyl halides is 3. The molecule has 6 nitrogen and oxygen atoms in total. The molecule has 1 aromatic carbocycles. The number of fused-ring (bicyclic) bond motifs is 1. The van der Waals surface area contributed by atoms with Crippen molar-refractivity contribution < 1.29 is 18.0 Å². The Morgan fingerprint density at radius 1 is 1.29 bits per heavy atom. The van der Waals surface area contributed by atoms with Gasteiger partial charge in [-0.25, -0.2) is 9.97 Å². The van der Waals surface area contributed by atoms with Crippen LogP contribution in [0.5, 0.6) is 0 Å². The number of benzene rings is 1. The minimum Gasteiger partial charge on any atom is -0.366 e. The van der Waals surface area contributed by atoms with E-state index in [4.69, 9.17) is 11.6 Å². The summed E-state index contributed by atoms with van der Waals surface area (Å²) < 4.78 is 38.3. The van der Waals surface area contributed by atoms with Gasteiger partial charge in [0.05, 0.1) is 11.3 Å². The van der Waals surface area contributed by atoms with E-state index in [1.54, 1.807) is 13.0 Å². The third kappa shape index (κ3) is 6.82. The first-order valence-corrected chi connectivity index (χ1v) is 12.0. The SMILES string of the molecule is CC(=O)N1CCNC2CC21.CCCc1nc(Cl)nc(NCc2cccc(C(F)(F)F)c2)c1CC. The first kappa shape index (κ1) is 26.2. The Hall–Kier alpha value is -2.39. The van der Waals surface area contributed by atoms with E-state index in [0.29, 0.717) is 23.5 Å². The van der Waals surface area contributed by atoms with E-state index in [-0.39, 0.29) is 17.7 Å².